The lowest BCUT2D eigenvalue weighted by Gasteiger charge is -2.24. The van der Waals surface area contributed by atoms with E-state index in [0.29, 0.717) is 12.9 Å². The molecule has 1 aliphatic rings. The Morgan fingerprint density at radius 3 is 1.83 bits per heavy atom. The van der Waals surface area contributed by atoms with Crippen LogP contribution in [0, 0.1) is 0 Å². The summed E-state index contributed by atoms with van der Waals surface area (Å²) >= 11 is 0. The quantitative estimate of drug-likeness (QED) is 0.292. The number of halogens is 1. The number of benzene rings is 1. The summed E-state index contributed by atoms with van der Waals surface area (Å²) in [5.74, 6) is 0. The minimum atomic E-state index is 0.500. The first kappa shape index (κ1) is 34.9. The molecule has 3 aromatic rings. The van der Waals surface area contributed by atoms with E-state index in [2.05, 4.69) is 28.2 Å². The van der Waals surface area contributed by atoms with Crippen molar-refractivity contribution in [3.63, 3.8) is 0 Å². The Bertz CT molecular complexity index is 984. The molecule has 4 rings (SSSR count). The van der Waals surface area contributed by atoms with E-state index in [1.54, 1.807) is 6.20 Å². The van der Waals surface area contributed by atoms with Crippen molar-refractivity contribution in [1.82, 2.24) is 19.7 Å². The summed E-state index contributed by atoms with van der Waals surface area (Å²) in [4.78, 5) is 13.2. The Kier molecular flexibility index (Phi) is 22.8. The summed E-state index contributed by atoms with van der Waals surface area (Å²) < 4.78 is 11.4. The van der Waals surface area contributed by atoms with E-state index in [1.807, 2.05) is 114 Å². The topological polar surface area (TPSA) is 53.9 Å². The van der Waals surface area contributed by atoms with Gasteiger partial charge in [-0.05, 0) is 58.1 Å². The molecule has 0 spiro atoms. The van der Waals surface area contributed by atoms with Crippen molar-refractivity contribution >= 4 is 17.2 Å². The molecule has 1 aliphatic heterocycles. The van der Waals surface area contributed by atoms with Crippen molar-refractivity contribution in [3.8, 4) is 11.1 Å². The molecule has 6 heteroatoms. The molecule has 200 valence electrons. The number of aromatic nitrogens is 3. The molecule has 2 aromatic heterocycles. The fraction of sp³-hybridized carbons (Fsp3) is 0.400. The number of nitrogens with zero attached hydrogens (tertiary/aromatic N) is 3. The van der Waals surface area contributed by atoms with Crippen LogP contribution in [0.3, 0.4) is 0 Å². The zero-order valence-corrected chi connectivity index (χ0v) is 23.8. The molecule has 1 aromatic carbocycles. The van der Waals surface area contributed by atoms with Crippen molar-refractivity contribution in [1.29, 1.82) is 0 Å². The van der Waals surface area contributed by atoms with Crippen LogP contribution in [0.5, 0.6) is 0 Å². The number of hydrogen-bond acceptors (Lipinski definition) is 3. The lowest BCUT2D eigenvalue weighted by molar-refractivity contribution is 0.111. The summed E-state index contributed by atoms with van der Waals surface area (Å²) in [5, 5.41) is 7.80. The number of alkyl halides is 1. The summed E-state index contributed by atoms with van der Waals surface area (Å²) in [6.45, 7) is 14.6. The normalized spacial score (nSPS) is 12.1. The highest BCUT2D eigenvalue weighted by Crippen LogP contribution is 2.25. The van der Waals surface area contributed by atoms with Crippen LogP contribution in [0.4, 0.5) is 4.39 Å². The molecule has 36 heavy (non-hydrogen) atoms. The van der Waals surface area contributed by atoms with Gasteiger partial charge in [-0.3, -0.25) is 14.3 Å². The number of allylic oxidation sites excluding steroid dienone is 6. The van der Waals surface area contributed by atoms with E-state index < -0.39 is 0 Å². The van der Waals surface area contributed by atoms with Crippen molar-refractivity contribution in [2.75, 3.05) is 27.3 Å². The van der Waals surface area contributed by atoms with E-state index in [1.165, 1.54) is 19.5 Å². The number of aldehydes is 1. The Morgan fingerprint density at radius 1 is 0.889 bits per heavy atom. The van der Waals surface area contributed by atoms with Crippen LogP contribution in [-0.4, -0.2) is 53.3 Å². The molecule has 3 heterocycles. The minimum Gasteiger partial charge on any atom is -0.341 e. The first-order valence-corrected chi connectivity index (χ1v) is 12.6. The van der Waals surface area contributed by atoms with Crippen LogP contribution in [0.15, 0.2) is 73.1 Å². The zero-order chi connectivity index (χ0) is 27.8. The van der Waals surface area contributed by atoms with Crippen molar-refractivity contribution in [2.45, 2.75) is 48.0 Å². The molecule has 0 atom stereocenters. The molecule has 0 saturated carbocycles. The molecule has 0 unspecified atom stereocenters. The highest BCUT2D eigenvalue weighted by molar-refractivity contribution is 5.91. The van der Waals surface area contributed by atoms with E-state index in [0.717, 1.165) is 28.3 Å². The maximum Gasteiger partial charge on any atom is 0.166 e. The third-order valence-electron chi connectivity index (χ3n) is 4.83. The molecular formula is C30H47FN4O. The number of likely N-dealkylation sites (tertiary alicyclic amines) is 1. The van der Waals surface area contributed by atoms with E-state index >= 15 is 0 Å². The Labute approximate surface area is 218 Å². The Hall–Kier alpha value is -3.25. The van der Waals surface area contributed by atoms with Gasteiger partial charge in [0.1, 0.15) is 0 Å². The van der Waals surface area contributed by atoms with Crippen LogP contribution in [0.1, 0.15) is 58.5 Å². The average Bonchev–Trinajstić information content (AvgIpc) is 3.58. The largest absolute Gasteiger partial charge is 0.341 e. The monoisotopic (exact) mass is 498 g/mol. The number of fused-ring (bicyclic) bond motifs is 1. The number of carbonyl (C=O) groups is 1. The first-order valence-electron chi connectivity index (χ1n) is 12.6. The predicted molar refractivity (Wildman–Crippen MR) is 156 cm³/mol. The van der Waals surface area contributed by atoms with Gasteiger partial charge in [0.25, 0.3) is 0 Å². The summed E-state index contributed by atoms with van der Waals surface area (Å²) in [5.41, 5.74) is 3.86. The number of H-pyrrole nitrogens is 1. The second-order valence-electron chi connectivity index (χ2n) is 7.10. The predicted octanol–water partition coefficient (Wildman–Crippen LogP) is 8.04. The highest BCUT2D eigenvalue weighted by Gasteiger charge is 2.07. The van der Waals surface area contributed by atoms with E-state index in [4.69, 9.17) is 0 Å². The molecule has 1 N–H and O–H groups in total. The fourth-order valence-corrected chi connectivity index (χ4v) is 2.88. The van der Waals surface area contributed by atoms with Crippen LogP contribution >= 0.6 is 0 Å². The highest BCUT2D eigenvalue weighted by atomic mass is 19.1. The smallest absolute Gasteiger partial charge is 0.166 e. The molecule has 0 amide bonds. The zero-order valence-electron chi connectivity index (χ0n) is 23.8. The van der Waals surface area contributed by atoms with Crippen molar-refractivity contribution < 1.29 is 9.18 Å². The average molecular weight is 499 g/mol. The van der Waals surface area contributed by atoms with E-state index in [9.17, 15) is 9.18 Å². The summed E-state index contributed by atoms with van der Waals surface area (Å²) in [7, 11) is 4.54. The van der Waals surface area contributed by atoms with Gasteiger partial charge in [-0.2, -0.15) is 5.10 Å². The lowest BCUT2D eigenvalue weighted by Crippen LogP contribution is -2.32. The van der Waals surface area contributed by atoms with Crippen LogP contribution in [0.25, 0.3) is 22.0 Å². The molecule has 0 aliphatic carbocycles. The van der Waals surface area contributed by atoms with Crippen molar-refractivity contribution in [2.24, 2.45) is 7.05 Å². The van der Waals surface area contributed by atoms with Gasteiger partial charge in [0, 0.05) is 29.7 Å². The van der Waals surface area contributed by atoms with Crippen LogP contribution in [-0.2, 0) is 7.05 Å². The van der Waals surface area contributed by atoms with Gasteiger partial charge in [0.05, 0.1) is 19.1 Å². The second kappa shape index (κ2) is 23.5. The standard InChI is InChI=1S/C13H11N3O.C8H12.C4H9N.2C2H6.CH3F/c1-16-12(8-17)4-10-3-2-9(5-13(10)16)11-6-14-15-7-11;1-3-5-7-8-6-4-2;1-5-3-2-4-5;3*1-2/h2-8H,1H3,(H,14,15);3-8H,1-2H3;2-4H2,1H3;2*1-2H3;1H3/b;5-3-,6-4-,8-7-;;;;. The Morgan fingerprint density at radius 2 is 1.44 bits per heavy atom. The number of nitrogens with one attached hydrogen (secondary N) is 1. The number of rotatable bonds is 4. The van der Waals surface area contributed by atoms with E-state index in [-0.39, 0.29) is 0 Å². The van der Waals surface area contributed by atoms with Crippen LogP contribution in [0.2, 0.25) is 0 Å². The van der Waals surface area contributed by atoms with Gasteiger partial charge in [-0.25, -0.2) is 0 Å². The fourth-order valence-electron chi connectivity index (χ4n) is 2.88. The molecule has 0 bridgehead atoms. The molecule has 5 nitrogen and oxygen atoms in total. The number of hydrogen-bond donors (Lipinski definition) is 1. The van der Waals surface area contributed by atoms with Gasteiger partial charge < -0.3 is 9.47 Å². The minimum absolute atomic E-state index is 0.500. The summed E-state index contributed by atoms with van der Waals surface area (Å²) in [6.07, 6.45) is 17.9. The van der Waals surface area contributed by atoms with Gasteiger partial charge >= 0.3 is 0 Å². The number of aromatic amines is 1. The molecule has 1 saturated heterocycles. The lowest BCUT2D eigenvalue weighted by atomic mass is 10.1. The van der Waals surface area contributed by atoms with Crippen LogP contribution < -0.4 is 0 Å². The second-order valence-corrected chi connectivity index (χ2v) is 7.10. The van der Waals surface area contributed by atoms with Crippen molar-refractivity contribution in [3.05, 3.63) is 78.8 Å². The summed E-state index contributed by atoms with van der Waals surface area (Å²) in [6, 6.07) is 8.00. The maximum atomic E-state index is 10.9. The van der Waals surface area contributed by atoms with Gasteiger partial charge in [-0.15, -0.1) is 0 Å². The maximum absolute atomic E-state index is 10.9. The Balaban J connectivity index is 0. The molecular weight excluding hydrogens is 451 g/mol. The number of aryl methyl sites for hydroxylation is 1. The molecule has 1 fully saturated rings. The number of carbonyl (C=O) groups excluding carboxylic acids is 1. The van der Waals surface area contributed by atoms with Gasteiger partial charge in [0.15, 0.2) is 6.29 Å². The third-order valence-corrected chi connectivity index (χ3v) is 4.83. The van der Waals surface area contributed by atoms with Gasteiger partial charge in [-0.1, -0.05) is 76.3 Å². The SMILES string of the molecule is CC.CC.CF.CN1CCC1.C\C=C/C=C\C=C/C.Cn1c(C=O)cc2ccc(-c3cn[nH]c3)cc21. The van der Waals surface area contributed by atoms with Gasteiger partial charge in [0.2, 0.25) is 0 Å². The third kappa shape index (κ3) is 13.0. The first-order chi connectivity index (χ1) is 17.6. The molecule has 0 radical (unpaired) electrons.